The number of aromatic hydroxyl groups is 1. The molecule has 1 N–H and O–H groups in total. The number of hydrogen-bond donors (Lipinski definition) is 1. The van der Waals surface area contributed by atoms with E-state index in [2.05, 4.69) is 15.3 Å². The lowest BCUT2D eigenvalue weighted by Crippen LogP contribution is -1.96. The maximum Gasteiger partial charge on any atom is 0.124 e. The van der Waals surface area contributed by atoms with Crippen molar-refractivity contribution in [2.24, 2.45) is 5.10 Å². The molecule has 0 spiro atoms. The summed E-state index contributed by atoms with van der Waals surface area (Å²) < 4.78 is 1.88. The van der Waals surface area contributed by atoms with Crippen LogP contribution in [-0.4, -0.2) is 26.2 Å². The Morgan fingerprint density at radius 2 is 1.50 bits per heavy atom. The molecule has 3 aromatic rings. The monoisotopic (exact) mass is 294 g/mol. The average molecular weight is 294 g/mol. The van der Waals surface area contributed by atoms with Gasteiger partial charge in [0.1, 0.15) is 5.75 Å². The standard InChI is InChI=1S/C17H18N4O/c1-10-16-12(3)21(13(4)17(16)11(2)20-19-10)18-9-14-7-5-6-8-15(14)22/h5-9,22H,1-4H3/b18-9+. The first-order chi connectivity index (χ1) is 10.5. The molecule has 5 nitrogen and oxygen atoms in total. The van der Waals surface area contributed by atoms with Crippen LogP contribution in [0, 0.1) is 27.7 Å². The largest absolute Gasteiger partial charge is 0.507 e. The molecular weight excluding hydrogens is 276 g/mol. The predicted molar refractivity (Wildman–Crippen MR) is 87.6 cm³/mol. The van der Waals surface area contributed by atoms with E-state index >= 15 is 0 Å². The molecule has 0 unspecified atom stereocenters. The minimum atomic E-state index is 0.217. The zero-order valence-electron chi connectivity index (χ0n) is 13.1. The summed E-state index contributed by atoms with van der Waals surface area (Å²) in [6.45, 7) is 7.95. The Kier molecular flexibility index (Phi) is 3.41. The molecule has 3 rings (SSSR count). The zero-order valence-corrected chi connectivity index (χ0v) is 13.1. The van der Waals surface area contributed by atoms with Gasteiger partial charge in [0.2, 0.25) is 0 Å². The summed E-state index contributed by atoms with van der Waals surface area (Å²) in [6, 6.07) is 7.13. The molecule has 0 saturated heterocycles. The van der Waals surface area contributed by atoms with Gasteiger partial charge in [-0.2, -0.15) is 15.3 Å². The average Bonchev–Trinajstić information content (AvgIpc) is 2.75. The van der Waals surface area contributed by atoms with Crippen molar-refractivity contribution in [3.63, 3.8) is 0 Å². The number of aromatic nitrogens is 3. The normalized spacial score (nSPS) is 11.6. The third-order valence-electron chi connectivity index (χ3n) is 3.93. The third-order valence-corrected chi connectivity index (χ3v) is 3.93. The number of hydrogen-bond acceptors (Lipinski definition) is 4. The van der Waals surface area contributed by atoms with E-state index in [1.165, 1.54) is 0 Å². The van der Waals surface area contributed by atoms with Crippen molar-refractivity contribution in [1.29, 1.82) is 0 Å². The number of nitrogens with zero attached hydrogens (tertiary/aromatic N) is 4. The summed E-state index contributed by atoms with van der Waals surface area (Å²) in [5.41, 5.74) is 4.53. The van der Waals surface area contributed by atoms with Gasteiger partial charge < -0.3 is 5.11 Å². The van der Waals surface area contributed by atoms with Crippen LogP contribution in [0.25, 0.3) is 10.8 Å². The lowest BCUT2D eigenvalue weighted by molar-refractivity contribution is 0.474. The molecule has 0 bridgehead atoms. The second-order valence-corrected chi connectivity index (χ2v) is 5.41. The van der Waals surface area contributed by atoms with E-state index in [-0.39, 0.29) is 5.75 Å². The van der Waals surface area contributed by atoms with Crippen LogP contribution in [0.3, 0.4) is 0 Å². The Morgan fingerprint density at radius 1 is 0.955 bits per heavy atom. The quantitative estimate of drug-likeness (QED) is 0.738. The smallest absolute Gasteiger partial charge is 0.124 e. The fourth-order valence-corrected chi connectivity index (χ4v) is 2.85. The van der Waals surface area contributed by atoms with E-state index in [9.17, 15) is 5.11 Å². The summed E-state index contributed by atoms with van der Waals surface area (Å²) in [7, 11) is 0. The van der Waals surface area contributed by atoms with Gasteiger partial charge in [0, 0.05) is 27.7 Å². The fourth-order valence-electron chi connectivity index (χ4n) is 2.85. The van der Waals surface area contributed by atoms with Gasteiger partial charge in [0.25, 0.3) is 0 Å². The van der Waals surface area contributed by atoms with Gasteiger partial charge in [-0.1, -0.05) is 12.1 Å². The molecule has 0 atom stereocenters. The first-order valence-corrected chi connectivity index (χ1v) is 7.14. The number of aryl methyl sites for hydroxylation is 4. The molecule has 0 aliphatic heterocycles. The summed E-state index contributed by atoms with van der Waals surface area (Å²) in [5.74, 6) is 0.217. The molecule has 0 radical (unpaired) electrons. The van der Waals surface area contributed by atoms with Crippen LogP contribution in [0.15, 0.2) is 29.4 Å². The number of fused-ring (bicyclic) bond motifs is 1. The molecule has 1 aromatic carbocycles. The van der Waals surface area contributed by atoms with Crippen molar-refractivity contribution >= 4 is 17.0 Å². The first kappa shape index (κ1) is 14.3. The van der Waals surface area contributed by atoms with Crippen molar-refractivity contribution < 1.29 is 5.11 Å². The highest BCUT2D eigenvalue weighted by Gasteiger charge is 2.16. The molecule has 0 saturated carbocycles. The molecule has 5 heteroatoms. The minimum absolute atomic E-state index is 0.217. The molecule has 112 valence electrons. The number of phenolic OH excluding ortho intramolecular Hbond substituents is 1. The van der Waals surface area contributed by atoms with Crippen LogP contribution in [-0.2, 0) is 0 Å². The number of rotatable bonds is 2. The van der Waals surface area contributed by atoms with Gasteiger partial charge in [0.05, 0.1) is 17.6 Å². The van der Waals surface area contributed by atoms with Crippen LogP contribution in [0.5, 0.6) is 5.75 Å². The summed E-state index contributed by atoms with van der Waals surface area (Å²) in [6.07, 6.45) is 1.67. The Bertz CT molecular complexity index is 848. The lowest BCUT2D eigenvalue weighted by atomic mass is 10.1. The number of phenols is 1. The Labute approximate surface area is 128 Å². The van der Waals surface area contributed by atoms with Crippen molar-refractivity contribution in [1.82, 2.24) is 14.9 Å². The topological polar surface area (TPSA) is 63.3 Å². The molecule has 0 aliphatic carbocycles. The van der Waals surface area contributed by atoms with Crippen molar-refractivity contribution in [2.45, 2.75) is 27.7 Å². The zero-order chi connectivity index (χ0) is 15.9. The Hall–Kier alpha value is -2.69. The molecule has 0 amide bonds. The maximum absolute atomic E-state index is 9.83. The Morgan fingerprint density at radius 3 is 2.05 bits per heavy atom. The van der Waals surface area contributed by atoms with E-state index in [1.54, 1.807) is 18.3 Å². The second-order valence-electron chi connectivity index (χ2n) is 5.41. The van der Waals surface area contributed by atoms with Crippen LogP contribution >= 0.6 is 0 Å². The van der Waals surface area contributed by atoms with Gasteiger partial charge >= 0.3 is 0 Å². The van der Waals surface area contributed by atoms with Gasteiger partial charge in [-0.25, -0.2) is 4.68 Å². The van der Waals surface area contributed by atoms with E-state index in [0.29, 0.717) is 5.56 Å². The molecule has 22 heavy (non-hydrogen) atoms. The van der Waals surface area contributed by atoms with E-state index < -0.39 is 0 Å². The fraction of sp³-hybridized carbons (Fsp3) is 0.235. The van der Waals surface area contributed by atoms with E-state index in [0.717, 1.165) is 33.5 Å². The molecule has 0 fully saturated rings. The highest BCUT2D eigenvalue weighted by Crippen LogP contribution is 2.28. The van der Waals surface area contributed by atoms with Gasteiger partial charge in [-0.3, -0.25) is 0 Å². The minimum Gasteiger partial charge on any atom is -0.507 e. The molecular formula is C17H18N4O. The van der Waals surface area contributed by atoms with Gasteiger partial charge in [-0.15, -0.1) is 0 Å². The van der Waals surface area contributed by atoms with Crippen LogP contribution in [0.2, 0.25) is 0 Å². The number of para-hydroxylation sites is 1. The molecule has 2 heterocycles. The van der Waals surface area contributed by atoms with Gasteiger partial charge in [-0.05, 0) is 39.8 Å². The molecule has 0 aliphatic rings. The highest BCUT2D eigenvalue weighted by atomic mass is 16.3. The van der Waals surface area contributed by atoms with Crippen molar-refractivity contribution in [3.05, 3.63) is 52.6 Å². The number of benzene rings is 1. The Balaban J connectivity index is 2.19. The maximum atomic E-state index is 9.83. The molecule has 2 aromatic heterocycles. The van der Waals surface area contributed by atoms with E-state index in [1.807, 2.05) is 44.5 Å². The van der Waals surface area contributed by atoms with Crippen molar-refractivity contribution in [3.8, 4) is 5.75 Å². The highest BCUT2D eigenvalue weighted by molar-refractivity contribution is 5.92. The first-order valence-electron chi connectivity index (χ1n) is 7.14. The lowest BCUT2D eigenvalue weighted by Gasteiger charge is -2.02. The van der Waals surface area contributed by atoms with E-state index in [4.69, 9.17) is 0 Å². The summed E-state index contributed by atoms with van der Waals surface area (Å²) >= 11 is 0. The second kappa shape index (κ2) is 5.26. The van der Waals surface area contributed by atoms with Gasteiger partial charge in [0.15, 0.2) is 0 Å². The SMILES string of the molecule is Cc1nnc(C)c2c(C)n(/N=C/c3ccccc3O)c(C)c12. The van der Waals surface area contributed by atoms with Crippen LogP contribution in [0.1, 0.15) is 28.3 Å². The van der Waals surface area contributed by atoms with Crippen LogP contribution < -0.4 is 0 Å². The third kappa shape index (κ3) is 2.15. The van der Waals surface area contributed by atoms with Crippen molar-refractivity contribution in [2.75, 3.05) is 0 Å². The van der Waals surface area contributed by atoms with Crippen LogP contribution in [0.4, 0.5) is 0 Å². The predicted octanol–water partition coefficient (Wildman–Crippen LogP) is 3.25. The summed E-state index contributed by atoms with van der Waals surface area (Å²) in [4.78, 5) is 0. The summed E-state index contributed by atoms with van der Waals surface area (Å²) in [5, 5.41) is 25.0.